The van der Waals surface area contributed by atoms with Gasteiger partial charge in [0.05, 0.1) is 30.4 Å². The average molecular weight is 513 g/mol. The summed E-state index contributed by atoms with van der Waals surface area (Å²) in [5.41, 5.74) is 1.33. The molecule has 0 radical (unpaired) electrons. The number of thiazole rings is 1. The van der Waals surface area contributed by atoms with E-state index in [1.54, 1.807) is 21.9 Å². The van der Waals surface area contributed by atoms with Gasteiger partial charge in [-0.1, -0.05) is 17.4 Å². The number of anilines is 2. The fraction of sp³-hybridized carbons (Fsp3) is 0.423. The topological polar surface area (TPSA) is 75.2 Å². The van der Waals surface area contributed by atoms with Gasteiger partial charge in [-0.15, -0.1) is 0 Å². The molecule has 0 spiro atoms. The molecule has 1 atom stereocenters. The number of nitrogens with zero attached hydrogens (tertiary/aromatic N) is 4. The lowest BCUT2D eigenvalue weighted by molar-refractivity contribution is -0.124. The molecule has 2 aliphatic rings. The van der Waals surface area contributed by atoms with Crippen molar-refractivity contribution in [2.75, 3.05) is 62.3 Å². The Hall–Kier alpha value is -3.08. The number of morpholine rings is 1. The van der Waals surface area contributed by atoms with Crippen LogP contribution in [-0.4, -0.2) is 74.2 Å². The molecule has 190 valence electrons. The normalized spacial score (nSPS) is 18.7. The van der Waals surface area contributed by atoms with Gasteiger partial charge in [-0.3, -0.25) is 19.4 Å². The molecule has 2 fully saturated rings. The molecule has 36 heavy (non-hydrogen) atoms. The molecule has 2 saturated heterocycles. The van der Waals surface area contributed by atoms with Crippen molar-refractivity contribution in [1.82, 2.24) is 9.88 Å². The van der Waals surface area contributed by atoms with E-state index < -0.39 is 5.92 Å². The van der Waals surface area contributed by atoms with E-state index >= 15 is 0 Å². The minimum Gasteiger partial charge on any atom is -0.492 e. The van der Waals surface area contributed by atoms with Crippen LogP contribution in [0.5, 0.6) is 5.75 Å². The van der Waals surface area contributed by atoms with Crippen LogP contribution >= 0.6 is 11.3 Å². The van der Waals surface area contributed by atoms with E-state index in [1.807, 2.05) is 25.1 Å². The first kappa shape index (κ1) is 24.6. The summed E-state index contributed by atoms with van der Waals surface area (Å²) in [6.45, 7) is 6.84. The first-order valence-electron chi connectivity index (χ1n) is 12.2. The summed E-state index contributed by atoms with van der Waals surface area (Å²) in [5.74, 6) is -0.453. The predicted molar refractivity (Wildman–Crippen MR) is 137 cm³/mol. The molecule has 3 aromatic rings. The van der Waals surface area contributed by atoms with Crippen molar-refractivity contribution in [2.45, 2.75) is 13.3 Å². The number of rotatable bonds is 8. The lowest BCUT2D eigenvalue weighted by Gasteiger charge is -2.30. The van der Waals surface area contributed by atoms with Crippen molar-refractivity contribution in [3.63, 3.8) is 0 Å². The van der Waals surface area contributed by atoms with E-state index in [1.165, 1.54) is 23.5 Å². The second-order valence-corrected chi connectivity index (χ2v) is 9.87. The first-order valence-corrected chi connectivity index (χ1v) is 13.0. The van der Waals surface area contributed by atoms with Crippen molar-refractivity contribution in [1.29, 1.82) is 0 Å². The van der Waals surface area contributed by atoms with Gasteiger partial charge in [0.2, 0.25) is 11.8 Å². The molecule has 0 N–H and O–H groups in total. The van der Waals surface area contributed by atoms with Crippen LogP contribution in [0.2, 0.25) is 0 Å². The summed E-state index contributed by atoms with van der Waals surface area (Å²) in [5, 5.41) is 0.600. The molecule has 2 aliphatic heterocycles. The Morgan fingerprint density at radius 1 is 1.22 bits per heavy atom. The van der Waals surface area contributed by atoms with E-state index in [0.29, 0.717) is 49.5 Å². The van der Waals surface area contributed by atoms with E-state index in [-0.39, 0.29) is 30.6 Å². The monoisotopic (exact) mass is 512 g/mol. The van der Waals surface area contributed by atoms with E-state index in [4.69, 9.17) is 14.5 Å². The van der Waals surface area contributed by atoms with Gasteiger partial charge in [-0.25, -0.2) is 9.37 Å². The lowest BCUT2D eigenvalue weighted by atomic mass is 10.1. The Morgan fingerprint density at radius 2 is 2.00 bits per heavy atom. The summed E-state index contributed by atoms with van der Waals surface area (Å²) in [4.78, 5) is 37.0. The zero-order chi connectivity index (χ0) is 25.1. The number of para-hydroxylation sites is 1. The number of hydrogen-bond donors (Lipinski definition) is 0. The van der Waals surface area contributed by atoms with Gasteiger partial charge in [-0.2, -0.15) is 0 Å². The molecule has 2 aromatic carbocycles. The SMILES string of the molecule is CCOc1cccc2sc(N(CCN3CCOCC3)C(=O)C3CC(=O)N(c4ccc(F)cc4)C3)nc12. The zero-order valence-electron chi connectivity index (χ0n) is 20.2. The highest BCUT2D eigenvalue weighted by Crippen LogP contribution is 2.36. The Labute approximate surface area is 213 Å². The summed E-state index contributed by atoms with van der Waals surface area (Å²) in [6, 6.07) is 11.6. The minimum absolute atomic E-state index is 0.110. The summed E-state index contributed by atoms with van der Waals surface area (Å²) < 4.78 is 25.5. The highest BCUT2D eigenvalue weighted by Gasteiger charge is 2.38. The van der Waals surface area contributed by atoms with Gasteiger partial charge < -0.3 is 14.4 Å². The third kappa shape index (κ3) is 5.21. The number of hydrogen-bond acceptors (Lipinski definition) is 7. The summed E-state index contributed by atoms with van der Waals surface area (Å²) in [6.07, 6.45) is 0.110. The minimum atomic E-state index is -0.509. The van der Waals surface area contributed by atoms with Crippen molar-refractivity contribution >= 4 is 44.2 Å². The Morgan fingerprint density at radius 3 is 2.75 bits per heavy atom. The van der Waals surface area contributed by atoms with Crippen LogP contribution in [0.25, 0.3) is 10.2 Å². The maximum atomic E-state index is 13.9. The maximum Gasteiger partial charge on any atom is 0.234 e. The van der Waals surface area contributed by atoms with Crippen molar-refractivity contribution < 1.29 is 23.5 Å². The van der Waals surface area contributed by atoms with Gasteiger partial charge in [0, 0.05) is 44.8 Å². The molecular formula is C26H29FN4O4S. The molecule has 0 bridgehead atoms. The third-order valence-electron chi connectivity index (χ3n) is 6.52. The van der Waals surface area contributed by atoms with E-state index in [0.717, 1.165) is 23.3 Å². The van der Waals surface area contributed by atoms with Crippen LogP contribution in [0.3, 0.4) is 0 Å². The molecule has 1 unspecified atom stereocenters. The number of aromatic nitrogens is 1. The number of benzene rings is 2. The largest absolute Gasteiger partial charge is 0.492 e. The number of fused-ring (bicyclic) bond motifs is 1. The molecule has 2 amide bonds. The van der Waals surface area contributed by atoms with Crippen LogP contribution in [0, 0.1) is 11.7 Å². The van der Waals surface area contributed by atoms with Gasteiger partial charge >= 0.3 is 0 Å². The van der Waals surface area contributed by atoms with Crippen LogP contribution < -0.4 is 14.5 Å². The third-order valence-corrected chi connectivity index (χ3v) is 7.57. The van der Waals surface area contributed by atoms with Crippen molar-refractivity contribution in [2.24, 2.45) is 5.92 Å². The van der Waals surface area contributed by atoms with Gasteiger partial charge in [0.25, 0.3) is 0 Å². The predicted octanol–water partition coefficient (Wildman–Crippen LogP) is 3.55. The van der Waals surface area contributed by atoms with Gasteiger partial charge in [0.1, 0.15) is 17.1 Å². The fourth-order valence-corrected chi connectivity index (χ4v) is 5.64. The molecule has 0 aliphatic carbocycles. The zero-order valence-corrected chi connectivity index (χ0v) is 21.0. The van der Waals surface area contributed by atoms with Gasteiger partial charge in [0.15, 0.2) is 5.13 Å². The molecule has 10 heteroatoms. The van der Waals surface area contributed by atoms with Crippen LogP contribution in [-0.2, 0) is 14.3 Å². The molecule has 0 saturated carbocycles. The van der Waals surface area contributed by atoms with Crippen LogP contribution in [0.15, 0.2) is 42.5 Å². The maximum absolute atomic E-state index is 13.9. The smallest absolute Gasteiger partial charge is 0.234 e. The number of amides is 2. The number of carbonyl (C=O) groups excluding carboxylic acids is 2. The van der Waals surface area contributed by atoms with Crippen LogP contribution in [0.4, 0.5) is 15.2 Å². The highest BCUT2D eigenvalue weighted by molar-refractivity contribution is 7.22. The number of halogens is 1. The summed E-state index contributed by atoms with van der Waals surface area (Å²) in [7, 11) is 0. The van der Waals surface area contributed by atoms with E-state index in [2.05, 4.69) is 4.90 Å². The first-order chi connectivity index (χ1) is 17.5. The Balaban J connectivity index is 1.40. The Bertz CT molecular complexity index is 1230. The number of ether oxygens (including phenoxy) is 2. The second kappa shape index (κ2) is 10.9. The highest BCUT2D eigenvalue weighted by atomic mass is 32.1. The number of carbonyl (C=O) groups is 2. The fourth-order valence-electron chi connectivity index (χ4n) is 4.63. The molecule has 1 aromatic heterocycles. The van der Waals surface area contributed by atoms with E-state index in [9.17, 15) is 14.0 Å². The van der Waals surface area contributed by atoms with Crippen LogP contribution in [0.1, 0.15) is 13.3 Å². The molecule has 3 heterocycles. The van der Waals surface area contributed by atoms with Crippen molar-refractivity contribution in [3.8, 4) is 5.75 Å². The quantitative estimate of drug-likeness (QED) is 0.460. The standard InChI is InChI=1S/C26H29FN4O4S/c1-2-35-21-4-3-5-22-24(21)28-26(36-22)30(11-10-29-12-14-34-15-13-29)25(33)18-16-23(32)31(17-18)20-8-6-19(27)7-9-20/h3-9,18H,2,10-17H2,1H3. The van der Waals surface area contributed by atoms with Gasteiger partial charge in [-0.05, 0) is 43.3 Å². The second-order valence-electron chi connectivity index (χ2n) is 8.86. The molecule has 8 nitrogen and oxygen atoms in total. The average Bonchev–Trinajstić information content (AvgIpc) is 3.50. The molecule has 5 rings (SSSR count). The van der Waals surface area contributed by atoms with Crippen molar-refractivity contribution in [3.05, 3.63) is 48.3 Å². The summed E-state index contributed by atoms with van der Waals surface area (Å²) >= 11 is 1.45. The lowest BCUT2D eigenvalue weighted by Crippen LogP contribution is -2.45. The molecular weight excluding hydrogens is 483 g/mol. The Kier molecular flexibility index (Phi) is 7.45.